The SMILES string of the molecule is COc1ccc(SC2=CCC(OC)C=C2)cc1. The quantitative estimate of drug-likeness (QED) is 0.810. The van der Waals surface area contributed by atoms with E-state index in [1.165, 1.54) is 9.80 Å². The minimum atomic E-state index is 0.232. The molecule has 0 amide bonds. The molecule has 0 saturated heterocycles. The van der Waals surface area contributed by atoms with Crippen molar-refractivity contribution >= 4 is 11.8 Å². The first-order valence-electron chi connectivity index (χ1n) is 5.55. The molecule has 1 unspecified atom stereocenters. The number of methoxy groups -OCH3 is 2. The summed E-state index contributed by atoms with van der Waals surface area (Å²) in [7, 11) is 3.42. The number of hydrogen-bond donors (Lipinski definition) is 0. The van der Waals surface area contributed by atoms with Crippen LogP contribution in [0, 0.1) is 0 Å². The third-order valence-corrected chi connectivity index (χ3v) is 3.67. The molecule has 17 heavy (non-hydrogen) atoms. The summed E-state index contributed by atoms with van der Waals surface area (Å²) in [6.07, 6.45) is 7.61. The van der Waals surface area contributed by atoms with Crippen molar-refractivity contribution in [3.8, 4) is 5.75 Å². The van der Waals surface area contributed by atoms with E-state index in [9.17, 15) is 0 Å². The van der Waals surface area contributed by atoms with Crippen LogP contribution in [0.5, 0.6) is 5.75 Å². The largest absolute Gasteiger partial charge is 0.497 e. The summed E-state index contributed by atoms with van der Waals surface area (Å²) < 4.78 is 10.4. The Balaban J connectivity index is 1.97. The summed E-state index contributed by atoms with van der Waals surface area (Å²) in [5, 5.41) is 0. The Bertz CT molecular complexity index is 420. The summed E-state index contributed by atoms with van der Waals surface area (Å²) in [5.74, 6) is 0.891. The van der Waals surface area contributed by atoms with Gasteiger partial charge in [-0.25, -0.2) is 0 Å². The molecule has 0 bridgehead atoms. The summed E-state index contributed by atoms with van der Waals surface area (Å²) in [6.45, 7) is 0. The van der Waals surface area contributed by atoms with Gasteiger partial charge in [0.05, 0.1) is 13.2 Å². The molecule has 3 heteroatoms. The monoisotopic (exact) mass is 248 g/mol. The molecular weight excluding hydrogens is 232 g/mol. The van der Waals surface area contributed by atoms with Crippen LogP contribution in [-0.2, 0) is 4.74 Å². The van der Waals surface area contributed by atoms with E-state index in [1.807, 2.05) is 12.1 Å². The van der Waals surface area contributed by atoms with Crippen molar-refractivity contribution in [2.24, 2.45) is 0 Å². The Hall–Kier alpha value is -1.19. The number of benzene rings is 1. The maximum absolute atomic E-state index is 5.26. The molecule has 0 N–H and O–H groups in total. The van der Waals surface area contributed by atoms with Crippen molar-refractivity contribution < 1.29 is 9.47 Å². The van der Waals surface area contributed by atoms with Crippen LogP contribution in [0.15, 0.2) is 52.3 Å². The summed E-state index contributed by atoms with van der Waals surface area (Å²) in [4.78, 5) is 2.49. The van der Waals surface area contributed by atoms with Gasteiger partial charge < -0.3 is 9.47 Å². The van der Waals surface area contributed by atoms with Crippen molar-refractivity contribution in [3.05, 3.63) is 47.4 Å². The predicted octanol–water partition coefficient (Wildman–Crippen LogP) is 3.65. The average Bonchev–Trinajstić information content (AvgIpc) is 2.40. The second-order valence-electron chi connectivity index (χ2n) is 3.75. The van der Waals surface area contributed by atoms with Crippen molar-refractivity contribution in [2.75, 3.05) is 14.2 Å². The number of thioether (sulfide) groups is 1. The number of rotatable bonds is 4. The van der Waals surface area contributed by atoms with Crippen LogP contribution in [0.4, 0.5) is 0 Å². The van der Waals surface area contributed by atoms with Gasteiger partial charge in [-0.05, 0) is 36.8 Å². The van der Waals surface area contributed by atoms with E-state index in [4.69, 9.17) is 9.47 Å². The highest BCUT2D eigenvalue weighted by Gasteiger charge is 2.08. The molecule has 0 heterocycles. The van der Waals surface area contributed by atoms with Gasteiger partial charge in [-0.15, -0.1) is 0 Å². The van der Waals surface area contributed by atoms with E-state index in [1.54, 1.807) is 26.0 Å². The summed E-state index contributed by atoms with van der Waals surface area (Å²) in [5.41, 5.74) is 0. The third kappa shape index (κ3) is 3.38. The van der Waals surface area contributed by atoms with Crippen LogP contribution in [-0.4, -0.2) is 20.3 Å². The van der Waals surface area contributed by atoms with Gasteiger partial charge in [0.15, 0.2) is 0 Å². The van der Waals surface area contributed by atoms with Gasteiger partial charge in [0, 0.05) is 16.9 Å². The molecule has 0 aromatic heterocycles. The summed E-state index contributed by atoms with van der Waals surface area (Å²) >= 11 is 1.76. The molecule has 0 aliphatic heterocycles. The fraction of sp³-hybridized carbons (Fsp3) is 0.286. The van der Waals surface area contributed by atoms with Crippen molar-refractivity contribution in [3.63, 3.8) is 0 Å². The highest BCUT2D eigenvalue weighted by Crippen LogP contribution is 2.31. The molecule has 1 aromatic carbocycles. The van der Waals surface area contributed by atoms with E-state index < -0.39 is 0 Å². The number of hydrogen-bond acceptors (Lipinski definition) is 3. The average molecular weight is 248 g/mol. The fourth-order valence-electron chi connectivity index (χ4n) is 1.61. The molecule has 0 spiro atoms. The second-order valence-corrected chi connectivity index (χ2v) is 4.90. The zero-order valence-corrected chi connectivity index (χ0v) is 10.9. The predicted molar refractivity (Wildman–Crippen MR) is 71.5 cm³/mol. The first-order valence-corrected chi connectivity index (χ1v) is 6.36. The second kappa shape index (κ2) is 5.94. The highest BCUT2D eigenvalue weighted by atomic mass is 32.2. The van der Waals surface area contributed by atoms with Gasteiger partial charge >= 0.3 is 0 Å². The smallest absolute Gasteiger partial charge is 0.118 e. The Labute approximate surface area is 106 Å². The molecule has 1 aliphatic carbocycles. The normalized spacial score (nSPS) is 18.9. The first kappa shape index (κ1) is 12.3. The molecule has 2 nitrogen and oxygen atoms in total. The first-order chi connectivity index (χ1) is 8.31. The van der Waals surface area contributed by atoms with Gasteiger partial charge in [0.1, 0.15) is 5.75 Å². The van der Waals surface area contributed by atoms with Crippen LogP contribution < -0.4 is 4.74 Å². The Kier molecular flexibility index (Phi) is 4.29. The fourth-order valence-corrected chi connectivity index (χ4v) is 2.48. The van der Waals surface area contributed by atoms with E-state index >= 15 is 0 Å². The molecule has 0 saturated carbocycles. The van der Waals surface area contributed by atoms with E-state index in [2.05, 4.69) is 30.4 Å². The maximum atomic E-state index is 5.26. The molecule has 0 radical (unpaired) electrons. The molecular formula is C14H16O2S. The van der Waals surface area contributed by atoms with Crippen molar-refractivity contribution in [1.82, 2.24) is 0 Å². The van der Waals surface area contributed by atoms with Gasteiger partial charge in [-0.3, -0.25) is 0 Å². The van der Waals surface area contributed by atoms with E-state index in [0.717, 1.165) is 12.2 Å². The summed E-state index contributed by atoms with van der Waals surface area (Å²) in [6, 6.07) is 8.10. The van der Waals surface area contributed by atoms with Crippen molar-refractivity contribution in [2.45, 2.75) is 17.4 Å². The van der Waals surface area contributed by atoms with E-state index in [0.29, 0.717) is 0 Å². The number of allylic oxidation sites excluding steroid dienone is 1. The van der Waals surface area contributed by atoms with Crippen LogP contribution in [0.25, 0.3) is 0 Å². The number of ether oxygens (including phenoxy) is 2. The van der Waals surface area contributed by atoms with Crippen molar-refractivity contribution in [1.29, 1.82) is 0 Å². The Morgan fingerprint density at radius 1 is 1.18 bits per heavy atom. The van der Waals surface area contributed by atoms with Crippen LogP contribution in [0.2, 0.25) is 0 Å². The van der Waals surface area contributed by atoms with Crippen LogP contribution >= 0.6 is 11.8 Å². The standard InChI is InChI=1S/C14H16O2S/c1-15-11-3-7-13(8-4-11)17-14-9-5-12(16-2)6-10-14/h3-5,7-10,12H,6H2,1-2H3. The lowest BCUT2D eigenvalue weighted by atomic mass is 10.1. The lowest BCUT2D eigenvalue weighted by Crippen LogP contribution is -2.07. The van der Waals surface area contributed by atoms with Gasteiger partial charge in [0.2, 0.25) is 0 Å². The zero-order valence-electron chi connectivity index (χ0n) is 10.1. The molecule has 1 atom stereocenters. The molecule has 90 valence electrons. The van der Waals surface area contributed by atoms with Gasteiger partial charge in [0.25, 0.3) is 0 Å². The molecule has 1 aliphatic rings. The van der Waals surface area contributed by atoms with Crippen LogP contribution in [0.1, 0.15) is 6.42 Å². The topological polar surface area (TPSA) is 18.5 Å². The molecule has 0 fully saturated rings. The Morgan fingerprint density at radius 2 is 1.94 bits per heavy atom. The Morgan fingerprint density at radius 3 is 2.47 bits per heavy atom. The highest BCUT2D eigenvalue weighted by molar-refractivity contribution is 8.03. The van der Waals surface area contributed by atoms with E-state index in [-0.39, 0.29) is 6.10 Å². The minimum absolute atomic E-state index is 0.232. The van der Waals surface area contributed by atoms with Gasteiger partial charge in [-0.2, -0.15) is 0 Å². The minimum Gasteiger partial charge on any atom is -0.497 e. The molecule has 1 aromatic rings. The molecule has 2 rings (SSSR count). The lowest BCUT2D eigenvalue weighted by molar-refractivity contribution is 0.142. The van der Waals surface area contributed by atoms with Gasteiger partial charge in [-0.1, -0.05) is 23.9 Å². The zero-order chi connectivity index (χ0) is 12.1. The maximum Gasteiger partial charge on any atom is 0.118 e. The lowest BCUT2D eigenvalue weighted by Gasteiger charge is -2.14. The van der Waals surface area contributed by atoms with Crippen LogP contribution in [0.3, 0.4) is 0 Å². The third-order valence-electron chi connectivity index (χ3n) is 2.62.